The maximum absolute atomic E-state index is 13.4. The van der Waals surface area contributed by atoms with E-state index in [1.165, 1.54) is 6.07 Å². The van der Waals surface area contributed by atoms with Crippen molar-refractivity contribution >= 4 is 34.3 Å². The molecule has 0 atom stereocenters. The van der Waals surface area contributed by atoms with E-state index < -0.39 is 5.82 Å². The van der Waals surface area contributed by atoms with Gasteiger partial charge in [0.25, 0.3) is 0 Å². The molecule has 1 aromatic rings. The van der Waals surface area contributed by atoms with Crippen molar-refractivity contribution in [3.8, 4) is 0 Å². The van der Waals surface area contributed by atoms with Crippen LogP contribution in [0.2, 0.25) is 0 Å². The molecule has 0 unspecified atom stereocenters. The van der Waals surface area contributed by atoms with Crippen LogP contribution in [0.3, 0.4) is 0 Å². The van der Waals surface area contributed by atoms with E-state index >= 15 is 0 Å². The number of aliphatic imine (C=N–C) groups is 1. The van der Waals surface area contributed by atoms with Crippen LogP contribution in [0.4, 0.5) is 4.39 Å². The average molecular weight is 263 g/mol. The highest BCUT2D eigenvalue weighted by Gasteiger charge is 2.11. The predicted molar refractivity (Wildman–Crippen MR) is 57.3 cm³/mol. The van der Waals surface area contributed by atoms with Gasteiger partial charge >= 0.3 is 0 Å². The zero-order valence-electron chi connectivity index (χ0n) is 7.17. The summed E-state index contributed by atoms with van der Waals surface area (Å²) in [5.74, 6) is -0.436. The summed E-state index contributed by atoms with van der Waals surface area (Å²) in [7, 11) is 1.59. The first-order valence-corrected chi connectivity index (χ1v) is 4.79. The molecule has 0 radical (unpaired) electrons. The molecule has 1 rings (SSSR count). The smallest absolute Gasteiger partial charge is 0.164 e. The Hall–Kier alpha value is -0.420. The number of nitrogens with zero attached hydrogens (tertiary/aromatic N) is 2. The molecule has 0 aromatic carbocycles. The Balaban J connectivity index is 3.37. The molecule has 0 aliphatic carbocycles. The van der Waals surface area contributed by atoms with Crippen molar-refractivity contribution in [1.29, 1.82) is 0 Å². The summed E-state index contributed by atoms with van der Waals surface area (Å²) in [5, 5.41) is 0. The maximum Gasteiger partial charge on any atom is 0.164 e. The standard InChI is InChI=1S/C8H8BrFN2S/c1-4(11-2)8-7(10)5(13)3-6(9)12-8/h3H,1-2H3,(H,12,13)/b11-4+. The van der Waals surface area contributed by atoms with E-state index in [1.54, 1.807) is 14.0 Å². The Labute approximate surface area is 89.8 Å². The lowest BCUT2D eigenvalue weighted by Crippen LogP contribution is -2.03. The predicted octanol–water partition coefficient (Wildman–Crippen LogP) is 2.71. The molecular weight excluding hydrogens is 255 g/mol. The summed E-state index contributed by atoms with van der Waals surface area (Å²) in [6, 6.07) is 1.50. The summed E-state index contributed by atoms with van der Waals surface area (Å²) in [6.07, 6.45) is 0. The van der Waals surface area contributed by atoms with E-state index in [0.29, 0.717) is 10.3 Å². The van der Waals surface area contributed by atoms with Gasteiger partial charge in [-0.2, -0.15) is 0 Å². The highest BCUT2D eigenvalue weighted by atomic mass is 79.9. The SMILES string of the molecule is C/N=C(\C)c1nc(Br)cc(S)c1F. The summed E-state index contributed by atoms with van der Waals surface area (Å²) >= 11 is 7.13. The third kappa shape index (κ3) is 2.28. The second kappa shape index (κ2) is 4.19. The van der Waals surface area contributed by atoms with Gasteiger partial charge in [0.1, 0.15) is 10.3 Å². The van der Waals surface area contributed by atoms with Crippen LogP contribution in [-0.2, 0) is 0 Å². The van der Waals surface area contributed by atoms with Gasteiger partial charge in [-0.15, -0.1) is 12.6 Å². The first-order chi connectivity index (χ1) is 6.06. The lowest BCUT2D eigenvalue weighted by Gasteiger charge is -2.03. The third-order valence-electron chi connectivity index (χ3n) is 1.59. The molecule has 70 valence electrons. The largest absolute Gasteiger partial charge is 0.291 e. The number of pyridine rings is 1. The van der Waals surface area contributed by atoms with Crippen molar-refractivity contribution in [3.63, 3.8) is 0 Å². The Morgan fingerprint density at radius 3 is 2.85 bits per heavy atom. The molecule has 0 bridgehead atoms. The van der Waals surface area contributed by atoms with Gasteiger partial charge in [-0.3, -0.25) is 4.99 Å². The highest BCUT2D eigenvalue weighted by Crippen LogP contribution is 2.20. The number of hydrogen-bond donors (Lipinski definition) is 1. The van der Waals surface area contributed by atoms with Gasteiger partial charge in [-0.05, 0) is 28.9 Å². The molecule has 0 saturated heterocycles. The van der Waals surface area contributed by atoms with Gasteiger partial charge in [0.05, 0.1) is 5.71 Å². The molecule has 0 aliphatic heterocycles. The number of hydrogen-bond acceptors (Lipinski definition) is 3. The van der Waals surface area contributed by atoms with Crippen molar-refractivity contribution in [2.24, 2.45) is 4.99 Å². The molecule has 0 amide bonds. The van der Waals surface area contributed by atoms with Crippen molar-refractivity contribution in [3.05, 3.63) is 22.2 Å². The Kier molecular flexibility index (Phi) is 3.44. The molecule has 1 heterocycles. The fourth-order valence-electron chi connectivity index (χ4n) is 0.831. The lowest BCUT2D eigenvalue weighted by molar-refractivity contribution is 0.591. The molecule has 0 N–H and O–H groups in total. The van der Waals surface area contributed by atoms with Gasteiger partial charge in [-0.1, -0.05) is 0 Å². The molecule has 5 heteroatoms. The summed E-state index contributed by atoms with van der Waals surface area (Å²) in [6.45, 7) is 1.70. The molecule has 1 aromatic heterocycles. The quantitative estimate of drug-likeness (QED) is 0.470. The maximum atomic E-state index is 13.4. The number of thiol groups is 1. The first-order valence-electron chi connectivity index (χ1n) is 3.55. The molecule has 0 saturated carbocycles. The van der Waals surface area contributed by atoms with E-state index in [0.717, 1.165) is 0 Å². The Morgan fingerprint density at radius 2 is 2.31 bits per heavy atom. The van der Waals surface area contributed by atoms with Gasteiger partial charge in [-0.25, -0.2) is 9.37 Å². The van der Waals surface area contributed by atoms with Crippen molar-refractivity contribution in [2.75, 3.05) is 7.05 Å². The molecule has 13 heavy (non-hydrogen) atoms. The molecular formula is C8H8BrFN2S. The normalized spacial score (nSPS) is 11.9. The van der Waals surface area contributed by atoms with Crippen molar-refractivity contribution in [2.45, 2.75) is 11.8 Å². The Bertz CT molecular complexity index is 365. The average Bonchev–Trinajstić information content (AvgIpc) is 2.10. The Morgan fingerprint density at radius 1 is 1.69 bits per heavy atom. The van der Waals surface area contributed by atoms with Crippen LogP contribution in [0.5, 0.6) is 0 Å². The van der Waals surface area contributed by atoms with Crippen LogP contribution < -0.4 is 0 Å². The van der Waals surface area contributed by atoms with E-state index in [9.17, 15) is 4.39 Å². The summed E-state index contributed by atoms with van der Waals surface area (Å²) < 4.78 is 13.9. The zero-order chi connectivity index (χ0) is 10.0. The fourth-order valence-corrected chi connectivity index (χ4v) is 1.64. The van der Waals surface area contributed by atoms with Crippen LogP contribution in [0.1, 0.15) is 12.6 Å². The van der Waals surface area contributed by atoms with Crippen LogP contribution in [-0.4, -0.2) is 17.7 Å². The van der Waals surface area contributed by atoms with E-state index in [2.05, 4.69) is 38.5 Å². The number of rotatable bonds is 1. The summed E-state index contributed by atoms with van der Waals surface area (Å²) in [4.78, 5) is 8.09. The number of halogens is 2. The van der Waals surface area contributed by atoms with Crippen LogP contribution >= 0.6 is 28.6 Å². The van der Waals surface area contributed by atoms with Crippen LogP contribution in [0, 0.1) is 5.82 Å². The number of aromatic nitrogens is 1. The lowest BCUT2D eigenvalue weighted by atomic mass is 10.2. The summed E-state index contributed by atoms with van der Waals surface area (Å²) in [5.41, 5.74) is 0.788. The monoisotopic (exact) mass is 262 g/mol. The minimum atomic E-state index is -0.436. The van der Waals surface area contributed by atoms with E-state index in [-0.39, 0.29) is 10.6 Å². The second-order valence-corrected chi connectivity index (χ2v) is 3.73. The first kappa shape index (κ1) is 10.7. The second-order valence-electron chi connectivity index (χ2n) is 2.44. The van der Waals surface area contributed by atoms with Gasteiger partial charge in [0.15, 0.2) is 5.82 Å². The molecule has 0 spiro atoms. The minimum absolute atomic E-state index is 0.238. The fraction of sp³-hybridized carbons (Fsp3) is 0.250. The van der Waals surface area contributed by atoms with E-state index in [1.807, 2.05) is 0 Å². The van der Waals surface area contributed by atoms with E-state index in [4.69, 9.17) is 0 Å². The molecule has 0 fully saturated rings. The van der Waals surface area contributed by atoms with Gasteiger partial charge in [0, 0.05) is 11.9 Å². The minimum Gasteiger partial charge on any atom is -0.291 e. The topological polar surface area (TPSA) is 25.2 Å². The highest BCUT2D eigenvalue weighted by molar-refractivity contribution is 9.10. The third-order valence-corrected chi connectivity index (χ3v) is 2.32. The van der Waals surface area contributed by atoms with Crippen molar-refractivity contribution < 1.29 is 4.39 Å². The van der Waals surface area contributed by atoms with Crippen molar-refractivity contribution in [1.82, 2.24) is 4.98 Å². The molecule has 2 nitrogen and oxygen atoms in total. The zero-order valence-corrected chi connectivity index (χ0v) is 9.66. The van der Waals surface area contributed by atoms with Gasteiger partial charge < -0.3 is 0 Å². The van der Waals surface area contributed by atoms with Gasteiger partial charge in [0.2, 0.25) is 0 Å². The van der Waals surface area contributed by atoms with Crippen LogP contribution in [0.15, 0.2) is 20.6 Å². The van der Waals surface area contributed by atoms with Crippen LogP contribution in [0.25, 0.3) is 0 Å². The molecule has 0 aliphatic rings.